The summed E-state index contributed by atoms with van der Waals surface area (Å²) in [5.74, 6) is 0. The average molecular weight is 588 g/mol. The standard InChI is InChI=1S/C45H33N/c1-45(2)41-22-12-11-21-37(41)40-27-33-25-24-31-17-13-23-43(44(31)39(33)29-42(40)45)46(34-18-7-4-8-19-34)35-26-32-16-9-10-20-36(32)38(28-35)30-14-5-3-6-15-30/h3-29H,1-2H3. The molecule has 0 fully saturated rings. The van der Waals surface area contributed by atoms with E-state index in [9.17, 15) is 0 Å². The summed E-state index contributed by atoms with van der Waals surface area (Å²) in [7, 11) is 0. The van der Waals surface area contributed by atoms with Gasteiger partial charge >= 0.3 is 0 Å². The molecule has 1 aliphatic rings. The van der Waals surface area contributed by atoms with Gasteiger partial charge in [0.25, 0.3) is 0 Å². The summed E-state index contributed by atoms with van der Waals surface area (Å²) < 4.78 is 0. The molecular weight excluding hydrogens is 555 g/mol. The van der Waals surface area contributed by atoms with Crippen LogP contribution in [0, 0.1) is 0 Å². The summed E-state index contributed by atoms with van der Waals surface area (Å²) in [6.07, 6.45) is 0. The van der Waals surface area contributed by atoms with E-state index in [0.29, 0.717) is 0 Å². The van der Waals surface area contributed by atoms with Gasteiger partial charge in [-0.15, -0.1) is 0 Å². The lowest BCUT2D eigenvalue weighted by Gasteiger charge is -2.29. The highest BCUT2D eigenvalue weighted by Crippen LogP contribution is 2.51. The fourth-order valence-electron chi connectivity index (χ4n) is 7.76. The smallest absolute Gasteiger partial charge is 0.0546 e. The van der Waals surface area contributed by atoms with Gasteiger partial charge < -0.3 is 4.90 Å². The third-order valence-corrected chi connectivity index (χ3v) is 9.98. The number of rotatable bonds is 4. The van der Waals surface area contributed by atoms with Crippen LogP contribution in [0.5, 0.6) is 0 Å². The third-order valence-electron chi connectivity index (χ3n) is 9.98. The van der Waals surface area contributed by atoms with Crippen LogP contribution in [0.15, 0.2) is 164 Å². The summed E-state index contributed by atoms with van der Waals surface area (Å²) in [5, 5.41) is 7.55. The second-order valence-electron chi connectivity index (χ2n) is 13.0. The van der Waals surface area contributed by atoms with Crippen LogP contribution in [0.1, 0.15) is 25.0 Å². The number of hydrogen-bond donors (Lipinski definition) is 0. The number of para-hydroxylation sites is 1. The zero-order valence-electron chi connectivity index (χ0n) is 26.0. The zero-order valence-corrected chi connectivity index (χ0v) is 26.0. The van der Waals surface area contributed by atoms with Crippen molar-refractivity contribution >= 4 is 49.4 Å². The largest absolute Gasteiger partial charge is 0.310 e. The second-order valence-corrected chi connectivity index (χ2v) is 13.0. The van der Waals surface area contributed by atoms with Crippen molar-refractivity contribution in [3.8, 4) is 22.3 Å². The third kappa shape index (κ3) is 4.02. The lowest BCUT2D eigenvalue weighted by Crippen LogP contribution is -2.15. The van der Waals surface area contributed by atoms with Crippen molar-refractivity contribution < 1.29 is 0 Å². The van der Waals surface area contributed by atoms with Crippen molar-refractivity contribution in [2.45, 2.75) is 19.3 Å². The minimum atomic E-state index is -0.0702. The van der Waals surface area contributed by atoms with Crippen molar-refractivity contribution in [3.05, 3.63) is 175 Å². The number of nitrogens with zero attached hydrogens (tertiary/aromatic N) is 1. The second kappa shape index (κ2) is 10.2. The van der Waals surface area contributed by atoms with E-state index < -0.39 is 0 Å². The lowest BCUT2D eigenvalue weighted by atomic mass is 9.81. The molecule has 1 nitrogen and oxygen atoms in total. The molecule has 0 heterocycles. The van der Waals surface area contributed by atoms with E-state index in [1.807, 2.05) is 0 Å². The molecule has 0 saturated carbocycles. The monoisotopic (exact) mass is 587 g/mol. The quantitative estimate of drug-likeness (QED) is 0.185. The minimum Gasteiger partial charge on any atom is -0.310 e. The van der Waals surface area contributed by atoms with Crippen LogP contribution in [0.25, 0.3) is 54.6 Å². The van der Waals surface area contributed by atoms with E-state index in [-0.39, 0.29) is 5.41 Å². The van der Waals surface area contributed by atoms with Crippen LogP contribution in [0.3, 0.4) is 0 Å². The van der Waals surface area contributed by atoms with E-state index in [1.165, 1.54) is 71.4 Å². The van der Waals surface area contributed by atoms with Crippen LogP contribution >= 0.6 is 0 Å². The Kier molecular flexibility index (Phi) is 5.92. The Bertz CT molecular complexity index is 2440. The van der Waals surface area contributed by atoms with Crippen LogP contribution in [-0.2, 0) is 5.41 Å². The van der Waals surface area contributed by atoms with Crippen LogP contribution in [-0.4, -0.2) is 0 Å². The lowest BCUT2D eigenvalue weighted by molar-refractivity contribution is 0.661. The van der Waals surface area contributed by atoms with Gasteiger partial charge in [0.1, 0.15) is 0 Å². The highest BCUT2D eigenvalue weighted by Gasteiger charge is 2.35. The molecule has 0 aliphatic heterocycles. The van der Waals surface area contributed by atoms with Gasteiger partial charge in [-0.1, -0.05) is 135 Å². The number of benzene rings is 8. The SMILES string of the molecule is CC1(C)c2ccccc2-c2cc3ccc4cccc(N(c5ccccc5)c5cc(-c6ccccc6)c6ccccc6c5)c4c3cc21. The molecule has 8 aromatic carbocycles. The van der Waals surface area contributed by atoms with Crippen LogP contribution in [0.4, 0.5) is 17.1 Å². The first-order chi connectivity index (χ1) is 22.6. The Morgan fingerprint density at radius 3 is 1.93 bits per heavy atom. The molecule has 0 saturated heterocycles. The minimum absolute atomic E-state index is 0.0702. The molecule has 0 aromatic heterocycles. The number of fused-ring (bicyclic) bond motifs is 7. The summed E-state index contributed by atoms with van der Waals surface area (Å²) in [6.45, 7) is 4.73. The van der Waals surface area contributed by atoms with Crippen molar-refractivity contribution in [2.75, 3.05) is 4.90 Å². The van der Waals surface area contributed by atoms with E-state index in [2.05, 4.69) is 183 Å². The van der Waals surface area contributed by atoms with Gasteiger partial charge in [-0.2, -0.15) is 0 Å². The van der Waals surface area contributed by atoms with E-state index in [1.54, 1.807) is 0 Å². The summed E-state index contributed by atoms with van der Waals surface area (Å²) in [4.78, 5) is 2.45. The Morgan fingerprint density at radius 1 is 0.413 bits per heavy atom. The highest BCUT2D eigenvalue weighted by atomic mass is 15.1. The molecule has 0 N–H and O–H groups in total. The number of hydrogen-bond acceptors (Lipinski definition) is 1. The summed E-state index contributed by atoms with van der Waals surface area (Å²) in [6, 6.07) is 60.2. The molecule has 0 spiro atoms. The first-order valence-electron chi connectivity index (χ1n) is 16.1. The Balaban J connectivity index is 1.35. The Morgan fingerprint density at radius 2 is 1.09 bits per heavy atom. The molecule has 0 radical (unpaired) electrons. The molecule has 1 heteroatoms. The maximum Gasteiger partial charge on any atom is 0.0546 e. The van der Waals surface area contributed by atoms with E-state index >= 15 is 0 Å². The normalized spacial score (nSPS) is 13.2. The van der Waals surface area contributed by atoms with Gasteiger partial charge in [-0.3, -0.25) is 0 Å². The maximum absolute atomic E-state index is 2.48. The molecule has 8 aromatic rings. The van der Waals surface area contributed by atoms with Gasteiger partial charge in [0.2, 0.25) is 0 Å². The fraction of sp³-hybridized carbons (Fsp3) is 0.0667. The predicted octanol–water partition coefficient (Wildman–Crippen LogP) is 12.6. The summed E-state index contributed by atoms with van der Waals surface area (Å²) in [5.41, 5.74) is 11.3. The molecular formula is C45H33N. The fourth-order valence-corrected chi connectivity index (χ4v) is 7.76. The average Bonchev–Trinajstić information content (AvgIpc) is 3.33. The zero-order chi connectivity index (χ0) is 30.8. The topological polar surface area (TPSA) is 3.24 Å². The maximum atomic E-state index is 2.48. The highest BCUT2D eigenvalue weighted by molar-refractivity contribution is 6.17. The first-order valence-corrected chi connectivity index (χ1v) is 16.1. The van der Waals surface area contributed by atoms with Crippen molar-refractivity contribution in [1.82, 2.24) is 0 Å². The predicted molar refractivity (Wildman–Crippen MR) is 197 cm³/mol. The van der Waals surface area contributed by atoms with Gasteiger partial charge in [0, 0.05) is 22.2 Å². The number of anilines is 3. The Labute approximate surface area is 270 Å². The van der Waals surface area contributed by atoms with Gasteiger partial charge in [-0.05, 0) is 103 Å². The van der Waals surface area contributed by atoms with Crippen LogP contribution in [0.2, 0.25) is 0 Å². The van der Waals surface area contributed by atoms with Crippen molar-refractivity contribution in [1.29, 1.82) is 0 Å². The first kappa shape index (κ1) is 26.7. The molecule has 0 atom stereocenters. The summed E-state index contributed by atoms with van der Waals surface area (Å²) >= 11 is 0. The molecule has 0 bridgehead atoms. The molecule has 46 heavy (non-hydrogen) atoms. The van der Waals surface area contributed by atoms with E-state index in [4.69, 9.17) is 0 Å². The van der Waals surface area contributed by atoms with Crippen LogP contribution < -0.4 is 4.90 Å². The van der Waals surface area contributed by atoms with Gasteiger partial charge in [-0.25, -0.2) is 0 Å². The molecule has 0 amide bonds. The Hall–Kier alpha value is -5.66. The molecule has 218 valence electrons. The van der Waals surface area contributed by atoms with Gasteiger partial charge in [0.15, 0.2) is 0 Å². The molecule has 0 unspecified atom stereocenters. The van der Waals surface area contributed by atoms with Gasteiger partial charge in [0.05, 0.1) is 5.69 Å². The van der Waals surface area contributed by atoms with Crippen molar-refractivity contribution in [3.63, 3.8) is 0 Å². The molecule has 9 rings (SSSR count). The van der Waals surface area contributed by atoms with Crippen molar-refractivity contribution in [2.24, 2.45) is 0 Å². The van der Waals surface area contributed by atoms with E-state index in [0.717, 1.165) is 11.4 Å². The molecule has 1 aliphatic carbocycles.